The van der Waals surface area contributed by atoms with Crippen LogP contribution in [0.3, 0.4) is 0 Å². The highest BCUT2D eigenvalue weighted by Crippen LogP contribution is 2.11. The van der Waals surface area contributed by atoms with Crippen LogP contribution in [-0.4, -0.2) is 12.6 Å². The number of allylic oxidation sites excluding steroid dienone is 5. The molecule has 0 aromatic heterocycles. The number of carbonyl (C=O) groups excluding carboxylic acids is 1. The maximum absolute atomic E-state index is 11.4. The van der Waals surface area contributed by atoms with Crippen molar-refractivity contribution in [1.29, 1.82) is 0 Å². The number of carbonyl (C=O) groups is 1. The van der Waals surface area contributed by atoms with E-state index in [4.69, 9.17) is 19.8 Å². The average Bonchev–Trinajstić information content (AvgIpc) is 2.54. The number of rotatable bonds is 8. The van der Waals surface area contributed by atoms with Crippen LogP contribution >= 0.6 is 0 Å². The van der Waals surface area contributed by atoms with E-state index in [1.54, 1.807) is 13.8 Å². The minimum absolute atomic E-state index is 0.0135. The Morgan fingerprint density at radius 2 is 2.16 bits per heavy atom. The van der Waals surface area contributed by atoms with Crippen molar-refractivity contribution in [1.82, 2.24) is 0 Å². The summed E-state index contributed by atoms with van der Waals surface area (Å²) in [6, 6.07) is -1.12. The van der Waals surface area contributed by atoms with Gasteiger partial charge < -0.3 is 4.74 Å². The summed E-state index contributed by atoms with van der Waals surface area (Å²) in [7, 11) is 0. The van der Waals surface area contributed by atoms with Crippen LogP contribution in [0.2, 0.25) is 0 Å². The van der Waals surface area contributed by atoms with Crippen molar-refractivity contribution in [3.63, 3.8) is 0 Å². The quantitative estimate of drug-likeness (QED) is 0.355. The molecule has 0 fully saturated rings. The second kappa shape index (κ2) is 10.6. The van der Waals surface area contributed by atoms with Crippen molar-refractivity contribution in [2.24, 2.45) is 0 Å². The molecule has 0 atom stereocenters. The molecule has 108 valence electrons. The average molecular weight is 275 g/mol. The zero-order valence-electron chi connectivity index (χ0n) is 22.6. The molecule has 0 aliphatic heterocycles. The molecule has 0 heterocycles. The first-order valence-electron chi connectivity index (χ1n) is 11.5. The van der Waals surface area contributed by atoms with Gasteiger partial charge in [0, 0.05) is 19.8 Å². The summed E-state index contributed by atoms with van der Waals surface area (Å²) in [5.41, 5.74) is -0.973. The SMILES string of the molecule is [2H]/C(=C(\C)C([2H])([2H])[2H])C([2H])([2H])C([2H])([2H])/C(=C/CC/C(C)=C/C(=O)OCC)C([2H])([2H])[2H]. The van der Waals surface area contributed by atoms with E-state index in [0.717, 1.165) is 13.0 Å². The summed E-state index contributed by atoms with van der Waals surface area (Å²) < 4.78 is 89.9. The van der Waals surface area contributed by atoms with Crippen LogP contribution in [0.5, 0.6) is 0 Å². The Kier molecular flexibility index (Phi) is 3.58. The van der Waals surface area contributed by atoms with Crippen molar-refractivity contribution in [2.45, 2.75) is 60.1 Å². The van der Waals surface area contributed by atoms with Crippen LogP contribution in [0, 0.1) is 0 Å². The van der Waals surface area contributed by atoms with Gasteiger partial charge in [-0.25, -0.2) is 4.79 Å². The first kappa shape index (κ1) is 6.43. The zero-order chi connectivity index (χ0) is 24.1. The highest BCUT2D eigenvalue weighted by atomic mass is 16.5. The fourth-order valence-corrected chi connectivity index (χ4v) is 1.14. The van der Waals surface area contributed by atoms with E-state index in [9.17, 15) is 4.79 Å². The van der Waals surface area contributed by atoms with Gasteiger partial charge in [0.05, 0.1) is 7.98 Å². The molecule has 0 aromatic rings. The third-order valence-corrected chi connectivity index (χ3v) is 1.99. The van der Waals surface area contributed by atoms with Gasteiger partial charge in [-0.2, -0.15) is 0 Å². The lowest BCUT2D eigenvalue weighted by molar-refractivity contribution is -0.137. The van der Waals surface area contributed by atoms with Crippen molar-refractivity contribution < 1.29 is 24.6 Å². The van der Waals surface area contributed by atoms with Crippen molar-refractivity contribution in [3.8, 4) is 0 Å². The first-order chi connectivity index (χ1) is 13.3. The predicted molar refractivity (Wildman–Crippen MR) is 82.0 cm³/mol. The van der Waals surface area contributed by atoms with Gasteiger partial charge in [-0.15, -0.1) is 0 Å². The molecule has 0 saturated carbocycles. The van der Waals surface area contributed by atoms with Crippen molar-refractivity contribution in [3.05, 3.63) is 34.9 Å². The summed E-state index contributed by atoms with van der Waals surface area (Å²) in [5, 5.41) is 0. The molecule has 0 amide bonds. The Morgan fingerprint density at radius 3 is 2.79 bits per heavy atom. The molecule has 0 aliphatic carbocycles. The fraction of sp³-hybridized carbons (Fsp3) is 0.588. The smallest absolute Gasteiger partial charge is 0.330 e. The van der Waals surface area contributed by atoms with E-state index in [0.29, 0.717) is 5.57 Å². The van der Waals surface area contributed by atoms with Crippen LogP contribution in [0.15, 0.2) is 34.9 Å². The van der Waals surface area contributed by atoms with Crippen LogP contribution < -0.4 is 0 Å². The highest BCUT2D eigenvalue weighted by Gasteiger charge is 1.97. The van der Waals surface area contributed by atoms with E-state index in [-0.39, 0.29) is 19.4 Å². The van der Waals surface area contributed by atoms with Crippen LogP contribution in [0.1, 0.15) is 75.1 Å². The lowest BCUT2D eigenvalue weighted by Gasteiger charge is -2.01. The molecule has 2 nitrogen and oxygen atoms in total. The molecule has 0 spiro atoms. The Hall–Kier alpha value is -1.31. The molecule has 0 bridgehead atoms. The molecule has 2 heteroatoms. The number of esters is 1. The third-order valence-electron chi connectivity index (χ3n) is 1.99. The number of ether oxygens (including phenoxy) is 1. The molecule has 0 rings (SSSR count). The summed E-state index contributed by atoms with van der Waals surface area (Å²) >= 11 is 0. The molecule has 0 aromatic carbocycles. The lowest BCUT2D eigenvalue weighted by atomic mass is 10.1. The summed E-state index contributed by atoms with van der Waals surface area (Å²) in [4.78, 5) is 11.4. The zero-order valence-corrected chi connectivity index (χ0v) is 11.6. The second-order valence-corrected chi connectivity index (χ2v) is 3.90. The van der Waals surface area contributed by atoms with Gasteiger partial charge in [-0.3, -0.25) is 0 Å². The molecular weight excluding hydrogens is 236 g/mol. The lowest BCUT2D eigenvalue weighted by Crippen LogP contribution is -2.00. The number of hydrogen-bond donors (Lipinski definition) is 0. The van der Waals surface area contributed by atoms with Gasteiger partial charge in [0.1, 0.15) is 0 Å². The Bertz CT molecular complexity index is 710. The third kappa shape index (κ3) is 11.5. The standard InChI is InChI=1S/C17H28O2/c1-6-19-17(18)13-16(5)12-8-11-15(4)10-7-9-14(2)3/h9,11,13H,6-8,10,12H2,1-5H3/b15-11+,16-13+/i2D3,4D3,7D2,9D,10D2/b14-9+,15-11+,16-13+. The summed E-state index contributed by atoms with van der Waals surface area (Å²) in [6.07, 6.45) is -3.96. The summed E-state index contributed by atoms with van der Waals surface area (Å²) in [5.74, 6) is -0.564. The van der Waals surface area contributed by atoms with Gasteiger partial charge in [0.15, 0.2) is 0 Å². The van der Waals surface area contributed by atoms with Crippen molar-refractivity contribution >= 4 is 5.97 Å². The van der Waals surface area contributed by atoms with Crippen LogP contribution in [0.4, 0.5) is 0 Å². The first-order valence-corrected chi connectivity index (χ1v) is 6.03. The van der Waals surface area contributed by atoms with E-state index in [1.165, 1.54) is 6.08 Å². The number of hydrogen-bond acceptors (Lipinski definition) is 2. The normalized spacial score (nSPS) is 25.5. The predicted octanol–water partition coefficient (Wildman–Crippen LogP) is 4.97. The summed E-state index contributed by atoms with van der Waals surface area (Å²) in [6.45, 7) is -1.41. The maximum atomic E-state index is 11.4. The van der Waals surface area contributed by atoms with E-state index in [1.807, 2.05) is 0 Å². The molecule has 0 unspecified atom stereocenters. The van der Waals surface area contributed by atoms with Gasteiger partial charge in [0.25, 0.3) is 0 Å². The molecule has 0 saturated heterocycles. The second-order valence-electron chi connectivity index (χ2n) is 3.90. The molecule has 19 heavy (non-hydrogen) atoms. The van der Waals surface area contributed by atoms with Crippen LogP contribution in [0.25, 0.3) is 0 Å². The highest BCUT2D eigenvalue weighted by molar-refractivity contribution is 5.82. The Labute approximate surface area is 133 Å². The largest absolute Gasteiger partial charge is 0.463 e. The molecule has 0 N–H and O–H groups in total. The minimum atomic E-state index is -3.21. The fourth-order valence-electron chi connectivity index (χ4n) is 1.14. The Morgan fingerprint density at radius 1 is 1.37 bits per heavy atom. The van der Waals surface area contributed by atoms with Gasteiger partial charge in [0.2, 0.25) is 0 Å². The monoisotopic (exact) mass is 275 g/mol. The topological polar surface area (TPSA) is 26.3 Å². The van der Waals surface area contributed by atoms with Crippen LogP contribution in [-0.2, 0) is 9.53 Å². The van der Waals surface area contributed by atoms with Gasteiger partial charge >= 0.3 is 5.97 Å². The molecular formula is C17H28O2. The van der Waals surface area contributed by atoms with E-state index in [2.05, 4.69) is 0 Å². The molecule has 0 aliphatic rings. The Balaban J connectivity index is 6.03. The van der Waals surface area contributed by atoms with Gasteiger partial charge in [-0.05, 0) is 60.1 Å². The minimum Gasteiger partial charge on any atom is -0.463 e. The molecule has 0 radical (unpaired) electrons. The van der Waals surface area contributed by atoms with Crippen molar-refractivity contribution in [2.75, 3.05) is 6.61 Å². The van der Waals surface area contributed by atoms with Gasteiger partial charge in [-0.1, -0.05) is 28.8 Å². The van der Waals surface area contributed by atoms with E-state index < -0.39 is 49.6 Å². The van der Waals surface area contributed by atoms with E-state index >= 15 is 0 Å². The maximum Gasteiger partial charge on any atom is 0.330 e.